The molecule has 0 aliphatic heterocycles. The van der Waals surface area contributed by atoms with E-state index in [0.717, 1.165) is 16.5 Å². The summed E-state index contributed by atoms with van der Waals surface area (Å²) in [5, 5.41) is 17.5. The van der Waals surface area contributed by atoms with Crippen molar-refractivity contribution in [3.05, 3.63) is 97.8 Å². The van der Waals surface area contributed by atoms with Gasteiger partial charge in [0, 0.05) is 28.1 Å². The number of aromatic nitrogens is 2. The number of fused-ring (bicyclic) bond motifs is 2. The number of nitro groups is 1. The van der Waals surface area contributed by atoms with Gasteiger partial charge >= 0.3 is 0 Å². The topological polar surface area (TPSA) is 113 Å². The molecule has 0 fully saturated rings. The Hall–Kier alpha value is -4.50. The molecule has 5 rings (SSSR count). The molecule has 5 aromatic rings. The highest BCUT2D eigenvalue weighted by Gasteiger charge is 2.18. The summed E-state index contributed by atoms with van der Waals surface area (Å²) in [6.45, 7) is 3.86. The van der Waals surface area contributed by atoms with Gasteiger partial charge in [0.05, 0.1) is 28.1 Å². The normalized spacial score (nSPS) is 12.4. The van der Waals surface area contributed by atoms with Crippen LogP contribution < -0.4 is 10.3 Å². The maximum absolute atomic E-state index is 13.5. The summed E-state index contributed by atoms with van der Waals surface area (Å²) < 4.78 is 13.0. The van der Waals surface area contributed by atoms with Crippen LogP contribution in [0.25, 0.3) is 33.5 Å². The van der Waals surface area contributed by atoms with Crippen LogP contribution in [0.2, 0.25) is 5.02 Å². The number of hydrogen-bond acceptors (Lipinski definition) is 7. The monoisotopic (exact) mass is 516 g/mol. The molecule has 9 nitrogen and oxygen atoms in total. The molecule has 3 aromatic carbocycles. The molecule has 37 heavy (non-hydrogen) atoms. The minimum absolute atomic E-state index is 0.128. The predicted molar refractivity (Wildman–Crippen MR) is 143 cm³/mol. The van der Waals surface area contributed by atoms with Gasteiger partial charge in [0.15, 0.2) is 5.76 Å². The summed E-state index contributed by atoms with van der Waals surface area (Å²) >= 11 is 6.13. The van der Waals surface area contributed by atoms with Gasteiger partial charge in [-0.3, -0.25) is 14.9 Å². The highest BCUT2D eigenvalue weighted by atomic mass is 35.5. The van der Waals surface area contributed by atoms with Gasteiger partial charge in [-0.2, -0.15) is 9.78 Å². The Morgan fingerprint density at radius 1 is 1.19 bits per heavy atom. The van der Waals surface area contributed by atoms with E-state index in [4.69, 9.17) is 20.8 Å². The molecule has 0 aliphatic carbocycles. The lowest BCUT2D eigenvalue weighted by atomic mass is 10.2. The summed E-state index contributed by atoms with van der Waals surface area (Å²) in [4.78, 5) is 29.1. The van der Waals surface area contributed by atoms with Crippen LogP contribution in [-0.2, 0) is 0 Å². The molecule has 10 heteroatoms. The number of hydrogen-bond donors (Lipinski definition) is 0. The Bertz CT molecular complexity index is 1740. The summed E-state index contributed by atoms with van der Waals surface area (Å²) in [5.74, 6) is 0.889. The zero-order valence-corrected chi connectivity index (χ0v) is 20.7. The second-order valence-electron chi connectivity index (χ2n) is 8.42. The van der Waals surface area contributed by atoms with Crippen LogP contribution >= 0.6 is 11.6 Å². The first-order chi connectivity index (χ1) is 17.8. The van der Waals surface area contributed by atoms with E-state index < -0.39 is 10.5 Å². The van der Waals surface area contributed by atoms with Crippen molar-refractivity contribution in [2.45, 2.75) is 26.4 Å². The van der Waals surface area contributed by atoms with E-state index in [9.17, 15) is 14.9 Å². The third-order valence-corrected chi connectivity index (χ3v) is 6.11. The van der Waals surface area contributed by atoms with Gasteiger partial charge in [0.25, 0.3) is 11.2 Å². The first-order valence-electron chi connectivity index (χ1n) is 11.5. The molecule has 186 valence electrons. The molecule has 0 bridgehead atoms. The molecule has 2 heterocycles. The number of ether oxygens (including phenoxy) is 1. The van der Waals surface area contributed by atoms with E-state index in [-0.39, 0.29) is 17.6 Å². The van der Waals surface area contributed by atoms with E-state index in [0.29, 0.717) is 38.6 Å². The van der Waals surface area contributed by atoms with Crippen LogP contribution in [0.5, 0.6) is 5.75 Å². The van der Waals surface area contributed by atoms with Crippen molar-refractivity contribution in [2.24, 2.45) is 5.10 Å². The van der Waals surface area contributed by atoms with E-state index in [1.54, 1.807) is 48.5 Å². The van der Waals surface area contributed by atoms with Gasteiger partial charge < -0.3 is 9.15 Å². The third kappa shape index (κ3) is 4.81. The van der Waals surface area contributed by atoms with Gasteiger partial charge in [0.2, 0.25) is 5.82 Å². The molecular formula is C27H21ClN4O5. The number of nitro benzene ring substituents is 1. The Morgan fingerprint density at radius 2 is 2.00 bits per heavy atom. The summed E-state index contributed by atoms with van der Waals surface area (Å²) in [5.41, 5.74) is 0.835. The first-order valence-corrected chi connectivity index (χ1v) is 11.9. The van der Waals surface area contributed by atoms with Crippen molar-refractivity contribution in [3.8, 4) is 17.3 Å². The fraction of sp³-hybridized carbons (Fsp3) is 0.148. The highest BCUT2D eigenvalue weighted by molar-refractivity contribution is 6.31. The number of para-hydroxylation sites is 1. The second kappa shape index (κ2) is 9.87. The lowest BCUT2D eigenvalue weighted by molar-refractivity contribution is -0.384. The van der Waals surface area contributed by atoms with Crippen LogP contribution in [0.1, 0.15) is 25.8 Å². The fourth-order valence-electron chi connectivity index (χ4n) is 3.79. The molecule has 0 saturated carbocycles. The SMILES string of the molecule is CC[C@H](C)Oc1ccc([N+](=O)[O-])cc1C=Nn1c(-c2cc3cc(Cl)ccc3o2)nc2ccccc2c1=O. The molecule has 0 unspecified atom stereocenters. The quantitative estimate of drug-likeness (QED) is 0.140. The van der Waals surface area contributed by atoms with E-state index in [1.807, 2.05) is 13.8 Å². The van der Waals surface area contributed by atoms with Gasteiger partial charge in [-0.15, -0.1) is 0 Å². The van der Waals surface area contributed by atoms with Crippen molar-refractivity contribution < 1.29 is 14.1 Å². The second-order valence-corrected chi connectivity index (χ2v) is 8.86. The van der Waals surface area contributed by atoms with Gasteiger partial charge in [0.1, 0.15) is 11.3 Å². The molecule has 0 radical (unpaired) electrons. The number of furan rings is 1. The number of halogens is 1. The molecule has 0 amide bonds. The number of rotatable bonds is 7. The number of nitrogens with zero attached hydrogens (tertiary/aromatic N) is 4. The minimum atomic E-state index is -0.501. The van der Waals surface area contributed by atoms with Crippen molar-refractivity contribution in [1.82, 2.24) is 9.66 Å². The van der Waals surface area contributed by atoms with Crippen molar-refractivity contribution in [3.63, 3.8) is 0 Å². The highest BCUT2D eigenvalue weighted by Crippen LogP contribution is 2.29. The molecule has 0 spiro atoms. The average molecular weight is 517 g/mol. The third-order valence-electron chi connectivity index (χ3n) is 5.87. The maximum atomic E-state index is 13.5. The van der Waals surface area contributed by atoms with Crippen molar-refractivity contribution >= 4 is 45.4 Å². The van der Waals surface area contributed by atoms with E-state index in [1.165, 1.54) is 24.4 Å². The molecule has 2 aromatic heterocycles. The Kier molecular flexibility index (Phi) is 6.45. The Labute approximate surface area is 215 Å². The van der Waals surface area contributed by atoms with Crippen LogP contribution in [0, 0.1) is 10.1 Å². The average Bonchev–Trinajstić information content (AvgIpc) is 3.31. The van der Waals surface area contributed by atoms with Gasteiger partial charge in [-0.05, 0) is 55.8 Å². The predicted octanol–water partition coefficient (Wildman–Crippen LogP) is 6.43. The van der Waals surface area contributed by atoms with Crippen LogP contribution in [0.15, 0.2) is 81.0 Å². The van der Waals surface area contributed by atoms with Crippen LogP contribution in [-0.4, -0.2) is 26.9 Å². The summed E-state index contributed by atoms with van der Waals surface area (Å²) in [6.07, 6.45) is 1.96. The molecule has 0 aliphatic rings. The van der Waals surface area contributed by atoms with Gasteiger partial charge in [-0.1, -0.05) is 30.7 Å². The zero-order chi connectivity index (χ0) is 26.1. The molecular weight excluding hydrogens is 496 g/mol. The molecule has 0 saturated heterocycles. The van der Waals surface area contributed by atoms with E-state index in [2.05, 4.69) is 10.1 Å². The lowest BCUT2D eigenvalue weighted by Gasteiger charge is -2.14. The molecule has 1 atom stereocenters. The lowest BCUT2D eigenvalue weighted by Crippen LogP contribution is -2.20. The summed E-state index contributed by atoms with van der Waals surface area (Å²) in [7, 11) is 0. The van der Waals surface area contributed by atoms with Crippen LogP contribution in [0.3, 0.4) is 0 Å². The van der Waals surface area contributed by atoms with Crippen molar-refractivity contribution in [1.29, 1.82) is 0 Å². The fourth-order valence-corrected chi connectivity index (χ4v) is 3.97. The maximum Gasteiger partial charge on any atom is 0.282 e. The Balaban J connectivity index is 1.70. The number of non-ortho nitro benzene ring substituents is 1. The summed E-state index contributed by atoms with van der Waals surface area (Å²) in [6, 6.07) is 18.1. The largest absolute Gasteiger partial charge is 0.490 e. The minimum Gasteiger partial charge on any atom is -0.490 e. The van der Waals surface area contributed by atoms with Gasteiger partial charge in [-0.25, -0.2) is 4.98 Å². The first kappa shape index (κ1) is 24.2. The van der Waals surface area contributed by atoms with Crippen molar-refractivity contribution in [2.75, 3.05) is 0 Å². The zero-order valence-electron chi connectivity index (χ0n) is 19.9. The van der Waals surface area contributed by atoms with E-state index >= 15 is 0 Å². The Morgan fingerprint density at radius 3 is 2.78 bits per heavy atom. The van der Waals surface area contributed by atoms with Crippen LogP contribution in [0.4, 0.5) is 5.69 Å². The smallest absolute Gasteiger partial charge is 0.282 e. The number of benzene rings is 3. The standard InChI is InChI=1S/C27H21ClN4O5/c1-3-16(2)36-24-11-9-20(32(34)35)13-18(24)15-29-31-26(30-22-7-5-4-6-21(22)27(31)33)25-14-17-12-19(28)8-10-23(17)37-25/h4-16H,3H2,1-2H3/t16-/m0/s1. The molecule has 0 N–H and O–H groups in total.